The number of nitriles is 1. The fourth-order valence-corrected chi connectivity index (χ4v) is 3.52. The van der Waals surface area contributed by atoms with Crippen LogP contribution in [0.4, 0.5) is 5.82 Å². The van der Waals surface area contributed by atoms with Crippen LogP contribution >= 0.6 is 11.3 Å². The summed E-state index contributed by atoms with van der Waals surface area (Å²) in [5.74, 6) is 0.722. The Labute approximate surface area is 133 Å². The summed E-state index contributed by atoms with van der Waals surface area (Å²) in [5.41, 5.74) is 3.53. The second-order valence-corrected chi connectivity index (χ2v) is 6.44. The molecule has 5 heteroatoms. The monoisotopic (exact) mass is 308 g/mol. The van der Waals surface area contributed by atoms with Crippen molar-refractivity contribution in [2.24, 2.45) is 0 Å². The molecule has 0 radical (unpaired) electrons. The van der Waals surface area contributed by atoms with Crippen LogP contribution in [-0.4, -0.2) is 17.0 Å². The van der Waals surface area contributed by atoms with Crippen molar-refractivity contribution in [1.82, 2.24) is 9.97 Å². The Morgan fingerprint density at radius 1 is 1.23 bits per heavy atom. The Kier molecular flexibility index (Phi) is 3.78. The van der Waals surface area contributed by atoms with Crippen LogP contribution < -0.4 is 4.90 Å². The molecule has 0 atom stereocenters. The van der Waals surface area contributed by atoms with Gasteiger partial charge in [-0.2, -0.15) is 5.26 Å². The third-order valence-corrected chi connectivity index (χ3v) is 4.53. The second-order valence-electron chi connectivity index (χ2n) is 5.32. The lowest BCUT2D eigenvalue weighted by Crippen LogP contribution is -2.19. The van der Waals surface area contributed by atoms with Crippen molar-refractivity contribution >= 4 is 27.4 Å². The van der Waals surface area contributed by atoms with Crippen molar-refractivity contribution in [3.8, 4) is 6.07 Å². The fraction of sp³-hybridized carbons (Fsp3) is 0.235. The highest BCUT2D eigenvalue weighted by Gasteiger charge is 2.14. The number of anilines is 1. The van der Waals surface area contributed by atoms with Crippen LogP contribution in [-0.2, 0) is 6.54 Å². The Morgan fingerprint density at radius 2 is 2.00 bits per heavy atom. The normalized spacial score (nSPS) is 10.6. The first-order valence-electron chi connectivity index (χ1n) is 7.02. The second kappa shape index (κ2) is 5.74. The van der Waals surface area contributed by atoms with Crippen molar-refractivity contribution in [3.05, 3.63) is 52.2 Å². The third-order valence-electron chi connectivity index (χ3n) is 3.51. The standard InChI is InChI=1S/C17H16N4S/c1-11-8-12(2)19-17(13(11)9-18)21(3)10-16-20-14-6-4-5-7-15(14)22-16/h4-8H,10H2,1-3H3. The van der Waals surface area contributed by atoms with Gasteiger partial charge in [-0.15, -0.1) is 11.3 Å². The Bertz CT molecular complexity index is 843. The summed E-state index contributed by atoms with van der Waals surface area (Å²) in [5, 5.41) is 10.4. The van der Waals surface area contributed by atoms with Gasteiger partial charge in [0, 0.05) is 12.7 Å². The summed E-state index contributed by atoms with van der Waals surface area (Å²) in [6.45, 7) is 4.54. The number of aromatic nitrogens is 2. The molecule has 22 heavy (non-hydrogen) atoms. The summed E-state index contributed by atoms with van der Waals surface area (Å²) in [4.78, 5) is 11.2. The van der Waals surface area contributed by atoms with Gasteiger partial charge in [0.15, 0.2) is 0 Å². The van der Waals surface area contributed by atoms with Crippen LogP contribution in [0.15, 0.2) is 30.3 Å². The minimum atomic E-state index is 0.634. The molecule has 0 amide bonds. The predicted molar refractivity (Wildman–Crippen MR) is 90.2 cm³/mol. The van der Waals surface area contributed by atoms with Crippen LogP contribution in [0.3, 0.4) is 0 Å². The molecule has 3 rings (SSSR count). The fourth-order valence-electron chi connectivity index (χ4n) is 2.50. The lowest BCUT2D eigenvalue weighted by atomic mass is 10.1. The predicted octanol–water partition coefficient (Wildman–Crippen LogP) is 3.82. The van der Waals surface area contributed by atoms with Crippen molar-refractivity contribution in [2.75, 3.05) is 11.9 Å². The topological polar surface area (TPSA) is 52.8 Å². The minimum Gasteiger partial charge on any atom is -0.352 e. The maximum Gasteiger partial charge on any atom is 0.147 e. The van der Waals surface area contributed by atoms with Gasteiger partial charge in [0.1, 0.15) is 16.9 Å². The number of pyridine rings is 1. The molecular weight excluding hydrogens is 292 g/mol. The molecule has 0 bridgehead atoms. The maximum atomic E-state index is 9.39. The van der Waals surface area contributed by atoms with E-state index in [1.807, 2.05) is 50.1 Å². The Balaban J connectivity index is 1.94. The van der Waals surface area contributed by atoms with E-state index in [0.717, 1.165) is 27.6 Å². The minimum absolute atomic E-state index is 0.634. The van der Waals surface area contributed by atoms with E-state index in [9.17, 15) is 5.26 Å². The molecule has 2 aromatic heterocycles. The van der Waals surface area contributed by atoms with Crippen LogP contribution in [0.25, 0.3) is 10.2 Å². The van der Waals surface area contributed by atoms with Gasteiger partial charge in [0.05, 0.1) is 22.3 Å². The number of hydrogen-bond acceptors (Lipinski definition) is 5. The molecule has 0 aliphatic carbocycles. The van der Waals surface area contributed by atoms with E-state index in [2.05, 4.69) is 22.1 Å². The molecule has 0 N–H and O–H groups in total. The molecule has 0 aliphatic heterocycles. The highest BCUT2D eigenvalue weighted by atomic mass is 32.1. The van der Waals surface area contributed by atoms with Crippen LogP contribution in [0.2, 0.25) is 0 Å². The van der Waals surface area contributed by atoms with Gasteiger partial charge in [-0.05, 0) is 37.6 Å². The van der Waals surface area contributed by atoms with E-state index in [4.69, 9.17) is 0 Å². The number of fused-ring (bicyclic) bond motifs is 1. The first-order valence-corrected chi connectivity index (χ1v) is 7.84. The number of nitrogens with zero attached hydrogens (tertiary/aromatic N) is 4. The maximum absolute atomic E-state index is 9.39. The summed E-state index contributed by atoms with van der Waals surface area (Å²) < 4.78 is 1.18. The molecule has 0 spiro atoms. The molecule has 110 valence electrons. The highest BCUT2D eigenvalue weighted by molar-refractivity contribution is 7.18. The number of rotatable bonds is 3. The van der Waals surface area contributed by atoms with Crippen molar-refractivity contribution < 1.29 is 0 Å². The van der Waals surface area contributed by atoms with E-state index < -0.39 is 0 Å². The first-order chi connectivity index (χ1) is 10.6. The smallest absolute Gasteiger partial charge is 0.147 e. The molecule has 0 saturated heterocycles. The number of para-hydroxylation sites is 1. The van der Waals surface area contributed by atoms with Crippen LogP contribution in [0.5, 0.6) is 0 Å². The van der Waals surface area contributed by atoms with Gasteiger partial charge < -0.3 is 4.90 Å². The quantitative estimate of drug-likeness (QED) is 0.738. The molecule has 0 saturated carbocycles. The number of benzene rings is 1. The van der Waals surface area contributed by atoms with Crippen molar-refractivity contribution in [1.29, 1.82) is 5.26 Å². The van der Waals surface area contributed by atoms with Crippen molar-refractivity contribution in [2.45, 2.75) is 20.4 Å². The van der Waals surface area contributed by atoms with Gasteiger partial charge in [0.25, 0.3) is 0 Å². The van der Waals surface area contributed by atoms with E-state index >= 15 is 0 Å². The Morgan fingerprint density at radius 3 is 2.73 bits per heavy atom. The van der Waals surface area contributed by atoms with Crippen LogP contribution in [0.1, 0.15) is 21.8 Å². The van der Waals surface area contributed by atoms with Crippen LogP contribution in [0, 0.1) is 25.2 Å². The molecule has 1 aromatic carbocycles. The molecule has 3 aromatic rings. The van der Waals surface area contributed by atoms with E-state index in [-0.39, 0.29) is 0 Å². The molecular formula is C17H16N4S. The molecule has 0 aliphatic rings. The van der Waals surface area contributed by atoms with Crippen molar-refractivity contribution in [3.63, 3.8) is 0 Å². The summed E-state index contributed by atoms with van der Waals surface area (Å²) in [6.07, 6.45) is 0. The lowest BCUT2D eigenvalue weighted by Gasteiger charge is -2.19. The number of aryl methyl sites for hydroxylation is 2. The van der Waals surface area contributed by atoms with E-state index in [1.165, 1.54) is 4.70 Å². The van der Waals surface area contributed by atoms with Gasteiger partial charge in [-0.1, -0.05) is 12.1 Å². The first kappa shape index (κ1) is 14.5. The zero-order valence-corrected chi connectivity index (χ0v) is 13.6. The van der Waals surface area contributed by atoms with Gasteiger partial charge >= 0.3 is 0 Å². The highest BCUT2D eigenvalue weighted by Crippen LogP contribution is 2.26. The Hall–Kier alpha value is -2.45. The third kappa shape index (κ3) is 2.66. The zero-order valence-electron chi connectivity index (χ0n) is 12.8. The molecule has 0 unspecified atom stereocenters. The van der Waals surface area contributed by atoms with Gasteiger partial charge in [0.2, 0.25) is 0 Å². The number of hydrogen-bond donors (Lipinski definition) is 0. The summed E-state index contributed by atoms with van der Waals surface area (Å²) in [7, 11) is 1.95. The summed E-state index contributed by atoms with van der Waals surface area (Å²) >= 11 is 1.68. The van der Waals surface area contributed by atoms with Gasteiger partial charge in [-0.3, -0.25) is 0 Å². The number of thiazole rings is 1. The molecule has 0 fully saturated rings. The largest absolute Gasteiger partial charge is 0.352 e. The molecule has 2 heterocycles. The summed E-state index contributed by atoms with van der Waals surface area (Å²) in [6, 6.07) is 12.3. The SMILES string of the molecule is Cc1cc(C)c(C#N)c(N(C)Cc2nc3ccccc3s2)n1. The van der Waals surface area contributed by atoms with Gasteiger partial charge in [-0.25, -0.2) is 9.97 Å². The van der Waals surface area contributed by atoms with E-state index in [1.54, 1.807) is 11.3 Å². The van der Waals surface area contributed by atoms with E-state index in [0.29, 0.717) is 12.1 Å². The average Bonchev–Trinajstić information content (AvgIpc) is 2.88. The average molecular weight is 308 g/mol. The lowest BCUT2D eigenvalue weighted by molar-refractivity contribution is 0.880. The molecule has 4 nitrogen and oxygen atoms in total. The zero-order chi connectivity index (χ0) is 15.7.